The van der Waals surface area contributed by atoms with Crippen molar-refractivity contribution in [2.24, 2.45) is 0 Å². The molecule has 2 atom stereocenters. The fourth-order valence-corrected chi connectivity index (χ4v) is 5.88. The third-order valence-electron chi connectivity index (χ3n) is 6.58. The number of hydrogen-bond donors (Lipinski definition) is 1. The molecule has 3 aromatic rings. The van der Waals surface area contributed by atoms with E-state index in [2.05, 4.69) is 5.32 Å². The number of carbonyl (C=O) groups is 3. The third-order valence-corrected chi connectivity index (χ3v) is 7.82. The van der Waals surface area contributed by atoms with Crippen molar-refractivity contribution in [3.05, 3.63) is 77.6 Å². The zero-order valence-corrected chi connectivity index (χ0v) is 20.1. The first kappa shape index (κ1) is 23.2. The van der Waals surface area contributed by atoms with Gasteiger partial charge in [0.05, 0.1) is 7.11 Å². The van der Waals surface area contributed by atoms with Crippen molar-refractivity contribution in [3.63, 3.8) is 0 Å². The molecule has 2 aliphatic rings. The van der Waals surface area contributed by atoms with Crippen LogP contribution in [0.3, 0.4) is 0 Å². The highest BCUT2D eigenvalue weighted by molar-refractivity contribution is 7.99. The van der Waals surface area contributed by atoms with Gasteiger partial charge in [-0.1, -0.05) is 36.4 Å². The molecule has 2 fully saturated rings. The van der Waals surface area contributed by atoms with E-state index >= 15 is 0 Å². The first-order chi connectivity index (χ1) is 16.8. The van der Waals surface area contributed by atoms with Crippen molar-refractivity contribution in [3.8, 4) is 5.75 Å². The van der Waals surface area contributed by atoms with Crippen molar-refractivity contribution in [1.29, 1.82) is 0 Å². The monoisotopic (exact) mass is 493 g/mol. The van der Waals surface area contributed by atoms with Crippen LogP contribution in [0.25, 0.3) is 10.8 Å². The highest BCUT2D eigenvalue weighted by Crippen LogP contribution is 2.39. The zero-order valence-electron chi connectivity index (χ0n) is 19.3. The number of methoxy groups -OCH3 is 1. The minimum Gasteiger partial charge on any atom is -0.497 e. The maximum Gasteiger partial charge on any atom is 0.325 e. The van der Waals surface area contributed by atoms with E-state index in [0.717, 1.165) is 21.4 Å². The number of halogens is 1. The number of nitrogens with one attached hydrogen (secondary N) is 1. The van der Waals surface area contributed by atoms with Gasteiger partial charge in [0.2, 0.25) is 5.91 Å². The van der Waals surface area contributed by atoms with E-state index in [0.29, 0.717) is 23.4 Å². The van der Waals surface area contributed by atoms with E-state index in [1.54, 1.807) is 38.3 Å². The molecule has 3 aromatic carbocycles. The summed E-state index contributed by atoms with van der Waals surface area (Å²) in [7, 11) is 1.60. The molecule has 1 N–H and O–H groups in total. The Bertz CT molecular complexity index is 1350. The Morgan fingerprint density at radius 2 is 1.89 bits per heavy atom. The molecule has 0 unspecified atom stereocenters. The maximum absolute atomic E-state index is 14.4. The highest BCUT2D eigenvalue weighted by Gasteiger charge is 2.50. The van der Waals surface area contributed by atoms with Crippen molar-refractivity contribution in [1.82, 2.24) is 15.1 Å². The van der Waals surface area contributed by atoms with Crippen LogP contribution in [-0.4, -0.2) is 53.6 Å². The Kier molecular flexibility index (Phi) is 5.88. The van der Waals surface area contributed by atoms with Gasteiger partial charge in [-0.3, -0.25) is 14.5 Å². The molecule has 0 aliphatic carbocycles. The third kappa shape index (κ3) is 3.99. The lowest BCUT2D eigenvalue weighted by Crippen LogP contribution is -2.44. The maximum atomic E-state index is 14.4. The molecule has 2 heterocycles. The molecule has 5 rings (SSSR count). The van der Waals surface area contributed by atoms with E-state index < -0.39 is 35.3 Å². The number of hydrogen-bond acceptors (Lipinski definition) is 5. The van der Waals surface area contributed by atoms with Crippen LogP contribution in [0.1, 0.15) is 23.4 Å². The largest absolute Gasteiger partial charge is 0.497 e. The molecule has 0 spiro atoms. The lowest BCUT2D eigenvalue weighted by atomic mass is 9.90. The highest BCUT2D eigenvalue weighted by atomic mass is 32.2. The van der Waals surface area contributed by atoms with E-state index in [1.165, 1.54) is 22.7 Å². The van der Waals surface area contributed by atoms with Crippen molar-refractivity contribution in [2.75, 3.05) is 26.0 Å². The quantitative estimate of drug-likeness (QED) is 0.543. The van der Waals surface area contributed by atoms with Gasteiger partial charge in [-0.2, -0.15) is 0 Å². The first-order valence-electron chi connectivity index (χ1n) is 11.2. The molecule has 2 aliphatic heterocycles. The van der Waals surface area contributed by atoms with Gasteiger partial charge >= 0.3 is 6.03 Å². The summed E-state index contributed by atoms with van der Waals surface area (Å²) in [6, 6.07) is 16.8. The molecular weight excluding hydrogens is 469 g/mol. The summed E-state index contributed by atoms with van der Waals surface area (Å²) in [5.74, 6) is 0.0748. The Balaban J connectivity index is 1.37. The topological polar surface area (TPSA) is 79.0 Å². The normalized spacial score (nSPS) is 22.1. The lowest BCUT2D eigenvalue weighted by Gasteiger charge is -2.26. The van der Waals surface area contributed by atoms with Crippen LogP contribution < -0.4 is 10.1 Å². The second kappa shape index (κ2) is 8.88. The number of carbonyl (C=O) groups excluding carboxylic acids is 3. The van der Waals surface area contributed by atoms with Gasteiger partial charge in [0.15, 0.2) is 0 Å². The summed E-state index contributed by atoms with van der Waals surface area (Å²) >= 11 is 1.46. The minimum atomic E-state index is -1.31. The van der Waals surface area contributed by atoms with Crippen LogP contribution in [0.2, 0.25) is 0 Å². The summed E-state index contributed by atoms with van der Waals surface area (Å²) in [5, 5.41) is 4.09. The van der Waals surface area contributed by atoms with Crippen molar-refractivity contribution < 1.29 is 23.5 Å². The van der Waals surface area contributed by atoms with Crippen LogP contribution >= 0.6 is 11.8 Å². The molecular formula is C26H24FN3O4S. The average molecular weight is 494 g/mol. The predicted molar refractivity (Wildman–Crippen MR) is 131 cm³/mol. The van der Waals surface area contributed by atoms with Gasteiger partial charge in [0.1, 0.15) is 29.0 Å². The molecule has 2 saturated heterocycles. The smallest absolute Gasteiger partial charge is 0.325 e. The summed E-state index contributed by atoms with van der Waals surface area (Å²) in [6.45, 7) is 1.64. The lowest BCUT2D eigenvalue weighted by molar-refractivity contribution is -0.139. The molecule has 180 valence electrons. The Hall–Kier alpha value is -3.59. The summed E-state index contributed by atoms with van der Waals surface area (Å²) in [5.41, 5.74) is -0.279. The molecule has 0 radical (unpaired) electrons. The Morgan fingerprint density at radius 3 is 2.66 bits per heavy atom. The number of rotatable bonds is 5. The van der Waals surface area contributed by atoms with Gasteiger partial charge < -0.3 is 15.0 Å². The van der Waals surface area contributed by atoms with Crippen LogP contribution in [0.15, 0.2) is 60.7 Å². The van der Waals surface area contributed by atoms with Crippen LogP contribution in [0.4, 0.5) is 9.18 Å². The zero-order chi connectivity index (χ0) is 24.7. The second-order valence-corrected chi connectivity index (χ2v) is 9.89. The van der Waals surface area contributed by atoms with Crippen LogP contribution in [0, 0.1) is 5.82 Å². The summed E-state index contributed by atoms with van der Waals surface area (Å²) in [4.78, 5) is 41.9. The molecule has 7 nitrogen and oxygen atoms in total. The number of urea groups is 1. The standard InChI is InChI=1S/C26H24FN3O4S/c1-26(18-9-7-17-14-19(34-2)10-8-16(17)13-18)24(32)30(25(33)28-26)15-22(31)29-11-12-35-23(29)20-5-3-4-6-21(20)27/h3-10,13-14,23H,11-12,15H2,1-2H3,(H,28,33)/t23-,26-/m0/s1. The fraction of sp³-hybridized carbons (Fsp3) is 0.269. The van der Waals surface area contributed by atoms with Gasteiger partial charge in [-0.05, 0) is 47.5 Å². The fourth-order valence-electron chi connectivity index (χ4n) is 4.58. The van der Waals surface area contributed by atoms with E-state index in [-0.39, 0.29) is 5.82 Å². The van der Waals surface area contributed by atoms with Crippen molar-refractivity contribution in [2.45, 2.75) is 17.8 Å². The van der Waals surface area contributed by atoms with Crippen LogP contribution in [-0.2, 0) is 15.1 Å². The van der Waals surface area contributed by atoms with E-state index in [1.807, 2.05) is 30.3 Å². The van der Waals surface area contributed by atoms with E-state index in [9.17, 15) is 18.8 Å². The van der Waals surface area contributed by atoms with Gasteiger partial charge in [0.25, 0.3) is 5.91 Å². The first-order valence-corrected chi connectivity index (χ1v) is 12.2. The van der Waals surface area contributed by atoms with Crippen molar-refractivity contribution >= 4 is 40.4 Å². The summed E-state index contributed by atoms with van der Waals surface area (Å²) < 4.78 is 19.6. The summed E-state index contributed by atoms with van der Waals surface area (Å²) in [6.07, 6.45) is 0. The van der Waals surface area contributed by atoms with Gasteiger partial charge in [0, 0.05) is 17.9 Å². The SMILES string of the molecule is COc1ccc2cc([C@]3(C)NC(=O)N(CC(=O)N4CCS[C@H]4c4ccccc4F)C3=O)ccc2c1. The Labute approximate surface area is 206 Å². The predicted octanol–water partition coefficient (Wildman–Crippen LogP) is 4.03. The number of nitrogens with zero attached hydrogens (tertiary/aromatic N) is 2. The average Bonchev–Trinajstić information content (AvgIpc) is 3.43. The number of thioether (sulfide) groups is 1. The number of benzene rings is 3. The molecule has 35 heavy (non-hydrogen) atoms. The number of amides is 4. The number of imide groups is 1. The molecule has 4 amide bonds. The number of ether oxygens (including phenoxy) is 1. The molecule has 0 saturated carbocycles. The number of fused-ring (bicyclic) bond motifs is 1. The van der Waals surface area contributed by atoms with Gasteiger partial charge in [-0.15, -0.1) is 11.8 Å². The molecule has 9 heteroatoms. The van der Waals surface area contributed by atoms with E-state index in [4.69, 9.17) is 4.74 Å². The second-order valence-electron chi connectivity index (χ2n) is 8.71. The molecule has 0 aromatic heterocycles. The molecule has 0 bridgehead atoms. The minimum absolute atomic E-state index is 0.388. The Morgan fingerprint density at radius 1 is 1.14 bits per heavy atom. The van der Waals surface area contributed by atoms with Gasteiger partial charge in [-0.25, -0.2) is 9.18 Å². The van der Waals surface area contributed by atoms with Crippen LogP contribution in [0.5, 0.6) is 5.75 Å².